The zero-order valence-electron chi connectivity index (χ0n) is 10.5. The molecule has 2 atom stereocenters. The minimum Gasteiger partial charge on any atom is -0.406 e. The Morgan fingerprint density at radius 3 is 2.37 bits per heavy atom. The highest BCUT2D eigenvalue weighted by Crippen LogP contribution is 2.30. The van der Waals surface area contributed by atoms with Crippen molar-refractivity contribution >= 4 is 12.4 Å². The number of benzene rings is 1. The van der Waals surface area contributed by atoms with Crippen molar-refractivity contribution < 1.29 is 22.3 Å². The Labute approximate surface area is 115 Å². The molecule has 0 aromatic heterocycles. The van der Waals surface area contributed by atoms with Crippen LogP contribution in [-0.2, 0) is 0 Å². The number of hydrogen-bond donors (Lipinski definition) is 1. The average Bonchev–Trinajstić information content (AvgIpc) is 2.28. The van der Waals surface area contributed by atoms with Crippen LogP contribution in [0.25, 0.3) is 0 Å². The van der Waals surface area contributed by atoms with Crippen LogP contribution < -0.4 is 10.5 Å². The van der Waals surface area contributed by atoms with Crippen molar-refractivity contribution in [2.75, 3.05) is 0 Å². The number of ether oxygens (including phenoxy) is 1. The summed E-state index contributed by atoms with van der Waals surface area (Å²) in [6, 6.07) is 2.19. The number of halogens is 5. The summed E-state index contributed by atoms with van der Waals surface area (Å²) in [6.45, 7) is 3.68. The van der Waals surface area contributed by atoms with E-state index in [0.717, 1.165) is 18.2 Å². The fourth-order valence-electron chi connectivity index (χ4n) is 1.53. The van der Waals surface area contributed by atoms with Crippen molar-refractivity contribution in [3.63, 3.8) is 0 Å². The summed E-state index contributed by atoms with van der Waals surface area (Å²) in [6.07, 6.45) is -4.10. The average molecular weight is 302 g/mol. The molecule has 1 rings (SSSR count). The van der Waals surface area contributed by atoms with Gasteiger partial charge in [0.1, 0.15) is 11.6 Å². The Morgan fingerprint density at radius 1 is 1.32 bits per heavy atom. The summed E-state index contributed by atoms with van der Waals surface area (Å²) >= 11 is 0. The Hall–Kier alpha value is -1.01. The maximum absolute atomic E-state index is 13.5. The molecular weight excluding hydrogens is 286 g/mol. The van der Waals surface area contributed by atoms with E-state index >= 15 is 0 Å². The lowest BCUT2D eigenvalue weighted by Gasteiger charge is -2.20. The quantitative estimate of drug-likeness (QED) is 0.846. The molecule has 1 aromatic carbocycles. The Bertz CT molecular complexity index is 411. The maximum atomic E-state index is 13.5. The molecule has 2 N–H and O–H groups in total. The van der Waals surface area contributed by atoms with E-state index in [1.54, 1.807) is 6.92 Å². The molecule has 0 saturated heterocycles. The van der Waals surface area contributed by atoms with Gasteiger partial charge in [-0.15, -0.1) is 25.6 Å². The van der Waals surface area contributed by atoms with Crippen LogP contribution in [0.3, 0.4) is 0 Å². The van der Waals surface area contributed by atoms with Gasteiger partial charge >= 0.3 is 6.36 Å². The molecule has 0 aliphatic carbocycles. The van der Waals surface area contributed by atoms with Crippen molar-refractivity contribution in [2.24, 2.45) is 11.7 Å². The zero-order chi connectivity index (χ0) is 13.9. The molecule has 0 bridgehead atoms. The second-order valence-corrected chi connectivity index (χ2v) is 4.14. The lowest BCUT2D eigenvalue weighted by Crippen LogP contribution is -2.21. The van der Waals surface area contributed by atoms with Gasteiger partial charge in [-0.2, -0.15) is 0 Å². The van der Waals surface area contributed by atoms with Gasteiger partial charge in [0.05, 0.1) is 0 Å². The molecule has 19 heavy (non-hydrogen) atoms. The highest BCUT2D eigenvalue weighted by Gasteiger charge is 2.31. The SMILES string of the molecule is CCC(C)[C@H](N)c1cc(OC(F)(F)F)ccc1F.Cl. The molecule has 0 aliphatic heterocycles. The summed E-state index contributed by atoms with van der Waals surface area (Å²) in [7, 11) is 0. The molecule has 0 fully saturated rings. The van der Waals surface area contributed by atoms with Gasteiger partial charge in [-0.05, 0) is 24.1 Å². The van der Waals surface area contributed by atoms with E-state index in [9.17, 15) is 17.6 Å². The van der Waals surface area contributed by atoms with Gasteiger partial charge in [0, 0.05) is 11.6 Å². The highest BCUT2D eigenvalue weighted by molar-refractivity contribution is 5.85. The topological polar surface area (TPSA) is 35.2 Å². The first-order valence-electron chi connectivity index (χ1n) is 5.55. The number of rotatable bonds is 4. The first-order valence-corrected chi connectivity index (χ1v) is 5.55. The number of alkyl halides is 3. The van der Waals surface area contributed by atoms with Crippen molar-refractivity contribution in [1.29, 1.82) is 0 Å². The van der Waals surface area contributed by atoms with Crippen LogP contribution in [0.5, 0.6) is 5.75 Å². The molecule has 1 aromatic rings. The molecule has 0 amide bonds. The normalized spacial score (nSPS) is 14.5. The first-order chi connectivity index (χ1) is 8.24. The lowest BCUT2D eigenvalue weighted by molar-refractivity contribution is -0.274. The van der Waals surface area contributed by atoms with Gasteiger partial charge in [0.15, 0.2) is 0 Å². The molecule has 0 aliphatic rings. The maximum Gasteiger partial charge on any atom is 0.573 e. The fraction of sp³-hybridized carbons (Fsp3) is 0.500. The largest absolute Gasteiger partial charge is 0.573 e. The van der Waals surface area contributed by atoms with Crippen LogP contribution in [0.4, 0.5) is 17.6 Å². The third kappa shape index (κ3) is 5.24. The van der Waals surface area contributed by atoms with Crippen molar-refractivity contribution in [2.45, 2.75) is 32.7 Å². The van der Waals surface area contributed by atoms with E-state index in [0.29, 0.717) is 6.42 Å². The van der Waals surface area contributed by atoms with E-state index in [-0.39, 0.29) is 23.9 Å². The molecule has 0 spiro atoms. The Balaban J connectivity index is 0.00000324. The molecular formula is C12H16ClF4NO. The predicted molar refractivity (Wildman–Crippen MR) is 66.7 cm³/mol. The summed E-state index contributed by atoms with van der Waals surface area (Å²) in [5, 5.41) is 0. The minimum atomic E-state index is -4.80. The lowest BCUT2D eigenvalue weighted by atomic mass is 9.93. The van der Waals surface area contributed by atoms with Crippen molar-refractivity contribution in [1.82, 2.24) is 0 Å². The van der Waals surface area contributed by atoms with E-state index in [2.05, 4.69) is 4.74 Å². The molecule has 1 unspecified atom stereocenters. The van der Waals surface area contributed by atoms with Crippen LogP contribution in [0.1, 0.15) is 31.9 Å². The van der Waals surface area contributed by atoms with Crippen LogP contribution in [-0.4, -0.2) is 6.36 Å². The summed E-state index contributed by atoms with van der Waals surface area (Å²) in [5.74, 6) is -1.13. The van der Waals surface area contributed by atoms with Gasteiger partial charge < -0.3 is 10.5 Å². The van der Waals surface area contributed by atoms with Crippen molar-refractivity contribution in [3.05, 3.63) is 29.6 Å². The number of nitrogens with two attached hydrogens (primary N) is 1. The molecule has 110 valence electrons. The summed E-state index contributed by atoms with van der Waals surface area (Å²) in [5.41, 5.74) is 5.84. The Kier molecular flexibility index (Phi) is 6.59. The van der Waals surface area contributed by atoms with E-state index < -0.39 is 24.0 Å². The van der Waals surface area contributed by atoms with Crippen LogP contribution in [0.15, 0.2) is 18.2 Å². The zero-order valence-corrected chi connectivity index (χ0v) is 11.3. The second-order valence-electron chi connectivity index (χ2n) is 4.14. The van der Waals surface area contributed by atoms with Crippen LogP contribution >= 0.6 is 12.4 Å². The van der Waals surface area contributed by atoms with Gasteiger partial charge in [0.2, 0.25) is 0 Å². The monoisotopic (exact) mass is 301 g/mol. The second kappa shape index (κ2) is 6.96. The summed E-state index contributed by atoms with van der Waals surface area (Å²) in [4.78, 5) is 0. The van der Waals surface area contributed by atoms with Gasteiger partial charge in [-0.1, -0.05) is 20.3 Å². The predicted octanol–water partition coefficient (Wildman–Crippen LogP) is 4.19. The first kappa shape index (κ1) is 18.0. The standard InChI is InChI=1S/C12H15F4NO.ClH/c1-3-7(2)11(17)9-6-8(4-5-10(9)13)18-12(14,15)16;/h4-7,11H,3,17H2,1-2H3;1H/t7?,11-;/m0./s1. The molecule has 2 nitrogen and oxygen atoms in total. The fourth-order valence-corrected chi connectivity index (χ4v) is 1.53. The molecule has 0 heterocycles. The van der Waals surface area contributed by atoms with E-state index in [1.165, 1.54) is 0 Å². The smallest absolute Gasteiger partial charge is 0.406 e. The highest BCUT2D eigenvalue weighted by atomic mass is 35.5. The van der Waals surface area contributed by atoms with Crippen molar-refractivity contribution in [3.8, 4) is 5.75 Å². The third-order valence-corrected chi connectivity index (χ3v) is 2.82. The van der Waals surface area contributed by atoms with Crippen LogP contribution in [0, 0.1) is 11.7 Å². The van der Waals surface area contributed by atoms with Gasteiger partial charge in [0.25, 0.3) is 0 Å². The molecule has 0 radical (unpaired) electrons. The van der Waals surface area contributed by atoms with Gasteiger partial charge in [-0.25, -0.2) is 4.39 Å². The van der Waals surface area contributed by atoms with Crippen LogP contribution in [0.2, 0.25) is 0 Å². The minimum absolute atomic E-state index is 0. The van der Waals surface area contributed by atoms with Gasteiger partial charge in [-0.3, -0.25) is 0 Å². The Morgan fingerprint density at radius 2 is 1.89 bits per heavy atom. The summed E-state index contributed by atoms with van der Waals surface area (Å²) < 4.78 is 53.4. The van der Waals surface area contributed by atoms with E-state index in [4.69, 9.17) is 5.73 Å². The molecule has 0 saturated carbocycles. The number of hydrogen-bond acceptors (Lipinski definition) is 2. The third-order valence-electron chi connectivity index (χ3n) is 2.82. The van der Waals surface area contributed by atoms with E-state index in [1.807, 2.05) is 6.92 Å². The molecule has 7 heteroatoms.